The van der Waals surface area contributed by atoms with Crippen molar-refractivity contribution in [1.82, 2.24) is 0 Å². The lowest BCUT2D eigenvalue weighted by atomic mass is 10.9. The van der Waals surface area contributed by atoms with Crippen LogP contribution in [0.15, 0.2) is 0 Å². The molecule has 0 aliphatic carbocycles. The van der Waals surface area contributed by atoms with E-state index < -0.39 is 0 Å². The van der Waals surface area contributed by atoms with E-state index in [1.165, 1.54) is 17.8 Å². The van der Waals surface area contributed by atoms with E-state index in [0.717, 1.165) is 4.87 Å². The van der Waals surface area contributed by atoms with Crippen LogP contribution in [0.25, 0.3) is 0 Å². The molecule has 0 fully saturated rings. The normalized spacial score (nSPS) is 14.1. The van der Waals surface area contributed by atoms with Crippen LogP contribution < -0.4 is 0 Å². The van der Waals surface area contributed by atoms with Gasteiger partial charge in [-0.2, -0.15) is 11.8 Å². The largest absolute Gasteiger partial charge is 0.163 e. The van der Waals surface area contributed by atoms with E-state index in [4.69, 9.17) is 0 Å². The summed E-state index contributed by atoms with van der Waals surface area (Å²) in [6.07, 6.45) is 0. The quantitative estimate of drug-likeness (QED) is 0.578. The highest BCUT2D eigenvalue weighted by molar-refractivity contribution is 8.01. The summed E-state index contributed by atoms with van der Waals surface area (Å²) in [5.74, 6) is 1.29. The zero-order valence-electron chi connectivity index (χ0n) is 7.61. The van der Waals surface area contributed by atoms with Crippen LogP contribution in [0.2, 0.25) is 12.1 Å². The van der Waals surface area contributed by atoms with Crippen molar-refractivity contribution in [2.45, 2.75) is 44.7 Å². The van der Waals surface area contributed by atoms with Gasteiger partial charge in [-0.3, -0.25) is 0 Å². The van der Waals surface area contributed by atoms with Crippen LogP contribution in [0.1, 0.15) is 27.7 Å². The maximum atomic E-state index is 2.40. The molecule has 1 atom stereocenters. The monoisotopic (exact) mass is 175 g/mol. The fourth-order valence-electron chi connectivity index (χ4n) is 1.19. The third kappa shape index (κ3) is 3.67. The lowest BCUT2D eigenvalue weighted by Crippen LogP contribution is -2.23. The third-order valence-corrected chi connectivity index (χ3v) is 7.20. The maximum absolute atomic E-state index is 2.40. The first-order valence-electron chi connectivity index (χ1n) is 4.22. The van der Waals surface area contributed by atoms with E-state index in [0.29, 0.717) is 0 Å². The zero-order chi connectivity index (χ0) is 7.98. The molecule has 61 valence electrons. The summed E-state index contributed by atoms with van der Waals surface area (Å²) in [4.78, 5) is 0.963. The second-order valence-electron chi connectivity index (χ2n) is 2.46. The summed E-state index contributed by atoms with van der Waals surface area (Å²) >= 11 is 2.13. The SMILES string of the molecule is CCSC(C)[Si](CC)CC. The molecule has 0 aromatic carbocycles. The molecule has 10 heavy (non-hydrogen) atoms. The van der Waals surface area contributed by atoms with Gasteiger partial charge in [0.25, 0.3) is 0 Å². The van der Waals surface area contributed by atoms with Gasteiger partial charge in [-0.1, -0.05) is 39.8 Å². The molecule has 0 amide bonds. The molecule has 0 saturated heterocycles. The Labute approximate surface area is 71.4 Å². The average molecular weight is 175 g/mol. The molecule has 0 heterocycles. The van der Waals surface area contributed by atoms with Gasteiger partial charge in [0.1, 0.15) is 0 Å². The molecular formula is C8H19SSi. The lowest BCUT2D eigenvalue weighted by Gasteiger charge is -2.17. The molecule has 0 N–H and O–H groups in total. The molecule has 0 aliphatic rings. The first kappa shape index (κ1) is 10.6. The van der Waals surface area contributed by atoms with Gasteiger partial charge in [0, 0.05) is 0 Å². The summed E-state index contributed by atoms with van der Waals surface area (Å²) in [7, 11) is -0.000653. The maximum Gasteiger partial charge on any atom is 0.0626 e. The van der Waals surface area contributed by atoms with Gasteiger partial charge in [0.15, 0.2) is 0 Å². The zero-order valence-corrected chi connectivity index (χ0v) is 9.42. The molecule has 0 spiro atoms. The molecule has 0 rings (SSSR count). The summed E-state index contributed by atoms with van der Waals surface area (Å²) in [6.45, 7) is 9.33. The number of rotatable bonds is 5. The first-order chi connectivity index (χ1) is 4.76. The van der Waals surface area contributed by atoms with Gasteiger partial charge >= 0.3 is 0 Å². The standard InChI is InChI=1S/C8H19SSi/c1-5-9-8(4)10(6-2)7-3/h8H,5-7H2,1-4H3. The molecule has 0 aromatic heterocycles. The second-order valence-corrected chi connectivity index (χ2v) is 8.10. The second kappa shape index (κ2) is 6.29. The van der Waals surface area contributed by atoms with Crippen LogP contribution in [-0.4, -0.2) is 19.4 Å². The number of thioether (sulfide) groups is 1. The summed E-state index contributed by atoms with van der Waals surface area (Å²) in [6, 6.07) is 2.88. The Bertz CT molecular complexity index is 71.7. The van der Waals surface area contributed by atoms with Crippen molar-refractivity contribution in [2.24, 2.45) is 0 Å². The molecular weight excluding hydrogens is 156 g/mol. The highest BCUT2D eigenvalue weighted by Crippen LogP contribution is 2.17. The molecule has 0 bridgehead atoms. The molecule has 0 nitrogen and oxygen atoms in total. The van der Waals surface area contributed by atoms with Crippen LogP contribution in [0.3, 0.4) is 0 Å². The molecule has 2 heteroatoms. The molecule has 1 radical (unpaired) electrons. The van der Waals surface area contributed by atoms with E-state index in [1.54, 1.807) is 0 Å². The van der Waals surface area contributed by atoms with Crippen molar-refractivity contribution in [1.29, 1.82) is 0 Å². The predicted octanol–water partition coefficient (Wildman–Crippen LogP) is 3.20. The van der Waals surface area contributed by atoms with Crippen LogP contribution in [0.5, 0.6) is 0 Å². The van der Waals surface area contributed by atoms with Gasteiger partial charge in [-0.15, -0.1) is 0 Å². The fourth-order valence-corrected chi connectivity index (χ4v) is 5.79. The van der Waals surface area contributed by atoms with Crippen molar-refractivity contribution in [3.63, 3.8) is 0 Å². The van der Waals surface area contributed by atoms with Crippen LogP contribution in [-0.2, 0) is 0 Å². The van der Waals surface area contributed by atoms with Crippen molar-refractivity contribution < 1.29 is 0 Å². The van der Waals surface area contributed by atoms with E-state index in [2.05, 4.69) is 39.5 Å². The first-order valence-corrected chi connectivity index (χ1v) is 7.26. The highest BCUT2D eigenvalue weighted by Gasteiger charge is 2.14. The van der Waals surface area contributed by atoms with Crippen LogP contribution in [0.4, 0.5) is 0 Å². The molecule has 0 aromatic rings. The Kier molecular flexibility index (Phi) is 6.64. The van der Waals surface area contributed by atoms with Crippen molar-refractivity contribution in [2.75, 3.05) is 5.75 Å². The van der Waals surface area contributed by atoms with Gasteiger partial charge in [-0.05, 0) is 10.6 Å². The van der Waals surface area contributed by atoms with Crippen molar-refractivity contribution >= 4 is 20.6 Å². The van der Waals surface area contributed by atoms with E-state index in [-0.39, 0.29) is 8.80 Å². The minimum absolute atomic E-state index is 0.000653. The summed E-state index contributed by atoms with van der Waals surface area (Å²) < 4.78 is 0. The van der Waals surface area contributed by atoms with Gasteiger partial charge in [0.05, 0.1) is 8.80 Å². The third-order valence-electron chi connectivity index (χ3n) is 1.90. The van der Waals surface area contributed by atoms with Crippen molar-refractivity contribution in [3.8, 4) is 0 Å². The minimum atomic E-state index is -0.000653. The topological polar surface area (TPSA) is 0 Å². The van der Waals surface area contributed by atoms with E-state index >= 15 is 0 Å². The van der Waals surface area contributed by atoms with E-state index in [1.807, 2.05) is 0 Å². The highest BCUT2D eigenvalue weighted by atomic mass is 32.2. The number of hydrogen-bond donors (Lipinski definition) is 0. The predicted molar refractivity (Wildman–Crippen MR) is 54.3 cm³/mol. The Balaban J connectivity index is 3.53. The number of hydrogen-bond acceptors (Lipinski definition) is 1. The molecule has 0 aliphatic heterocycles. The van der Waals surface area contributed by atoms with Crippen LogP contribution in [0, 0.1) is 0 Å². The Morgan fingerprint density at radius 1 is 1.20 bits per heavy atom. The lowest BCUT2D eigenvalue weighted by molar-refractivity contribution is 1.20. The fraction of sp³-hybridized carbons (Fsp3) is 1.00. The summed E-state index contributed by atoms with van der Waals surface area (Å²) in [5, 5.41) is 0. The smallest absolute Gasteiger partial charge is 0.0626 e. The average Bonchev–Trinajstić information content (AvgIpc) is 1.91. The summed E-state index contributed by atoms with van der Waals surface area (Å²) in [5.41, 5.74) is 0. The Morgan fingerprint density at radius 2 is 1.70 bits per heavy atom. The minimum Gasteiger partial charge on any atom is -0.163 e. The molecule has 0 saturated carbocycles. The van der Waals surface area contributed by atoms with E-state index in [9.17, 15) is 0 Å². The van der Waals surface area contributed by atoms with Gasteiger partial charge in [-0.25, -0.2) is 0 Å². The van der Waals surface area contributed by atoms with Gasteiger partial charge in [0.2, 0.25) is 0 Å². The Morgan fingerprint density at radius 3 is 2.00 bits per heavy atom. The Hall–Kier alpha value is 0.567. The van der Waals surface area contributed by atoms with Crippen LogP contribution >= 0.6 is 11.8 Å². The van der Waals surface area contributed by atoms with Crippen molar-refractivity contribution in [3.05, 3.63) is 0 Å². The van der Waals surface area contributed by atoms with Gasteiger partial charge < -0.3 is 0 Å². The molecule has 1 unspecified atom stereocenters.